The monoisotopic (exact) mass is 765 g/mol. The van der Waals surface area contributed by atoms with E-state index in [0.29, 0.717) is 37.2 Å². The Kier molecular flexibility index (Phi) is 11.3. The van der Waals surface area contributed by atoms with E-state index in [4.69, 9.17) is 14.2 Å². The average molecular weight is 766 g/mol. The molecule has 4 aromatic carbocycles. The van der Waals surface area contributed by atoms with Gasteiger partial charge in [0.15, 0.2) is 17.6 Å². The van der Waals surface area contributed by atoms with Crippen molar-refractivity contribution in [1.29, 1.82) is 0 Å². The number of aliphatic carboxylic acids is 1. The molecule has 0 spiro atoms. The number of amides is 1. The zero-order valence-electron chi connectivity index (χ0n) is 32.9. The van der Waals surface area contributed by atoms with Crippen LogP contribution >= 0.6 is 0 Å². The number of carbonyl (C=O) groups is 2. The second-order valence-corrected chi connectivity index (χ2v) is 15.7. The maximum Gasteiger partial charge on any atom is 0.326 e. The van der Waals surface area contributed by atoms with Crippen molar-refractivity contribution in [2.45, 2.75) is 103 Å². The van der Waals surface area contributed by atoms with Gasteiger partial charge < -0.3 is 24.6 Å². The quantitative estimate of drug-likeness (QED) is 0.130. The number of benzene rings is 4. The van der Waals surface area contributed by atoms with Crippen LogP contribution in [0, 0.1) is 13.8 Å². The molecule has 4 atom stereocenters. The van der Waals surface area contributed by atoms with Gasteiger partial charge in [0, 0.05) is 30.9 Å². The molecule has 5 aromatic rings. The van der Waals surface area contributed by atoms with Gasteiger partial charge in [0.05, 0.1) is 12.1 Å². The zero-order chi connectivity index (χ0) is 39.5. The topological polar surface area (TPSA) is 110 Å². The van der Waals surface area contributed by atoms with Crippen LogP contribution in [0.4, 0.5) is 0 Å². The van der Waals surface area contributed by atoms with Crippen LogP contribution < -0.4 is 19.5 Å². The van der Waals surface area contributed by atoms with Gasteiger partial charge in [-0.2, -0.15) is 0 Å². The molecule has 1 aliphatic carbocycles. The molecule has 9 heteroatoms. The Hall–Kier alpha value is -5.67. The number of nitrogens with one attached hydrogen (secondary N) is 1. The van der Waals surface area contributed by atoms with E-state index in [-0.39, 0.29) is 24.5 Å². The van der Waals surface area contributed by atoms with Crippen molar-refractivity contribution in [2.24, 2.45) is 0 Å². The SMILES string of the molecule is CC[C@@H](c1ccccc1)N1Cc2cc3c(cc2C[C@H]1C(=O)NC(Cc1ccc(-c2ccnc(C)c2C)cc1)C(=O)O)OC[C@H](c1ccc(OC2CCCC2)cc1)O3. The van der Waals surface area contributed by atoms with Crippen molar-refractivity contribution in [3.63, 3.8) is 0 Å². The van der Waals surface area contributed by atoms with Crippen molar-refractivity contribution >= 4 is 11.9 Å². The molecule has 1 unspecified atom stereocenters. The Bertz CT molecular complexity index is 2200. The Balaban J connectivity index is 1.01. The number of fused-ring (bicyclic) bond motifs is 2. The number of pyridine rings is 1. The first-order chi connectivity index (χ1) is 27.7. The number of nitrogens with zero attached hydrogens (tertiary/aromatic N) is 2. The second-order valence-electron chi connectivity index (χ2n) is 15.7. The molecule has 0 bridgehead atoms. The van der Waals surface area contributed by atoms with E-state index in [1.807, 2.05) is 80.6 Å². The lowest BCUT2D eigenvalue weighted by molar-refractivity contribution is -0.143. The van der Waals surface area contributed by atoms with E-state index in [2.05, 4.69) is 52.5 Å². The molecule has 0 radical (unpaired) electrons. The number of hydrogen-bond acceptors (Lipinski definition) is 7. The highest BCUT2D eigenvalue weighted by molar-refractivity contribution is 5.87. The first-order valence-electron chi connectivity index (χ1n) is 20.3. The summed E-state index contributed by atoms with van der Waals surface area (Å²) in [6.07, 6.45) is 7.84. The Labute approximate surface area is 335 Å². The van der Waals surface area contributed by atoms with Gasteiger partial charge in [-0.05, 0) is 127 Å². The largest absolute Gasteiger partial charge is 0.490 e. The predicted molar refractivity (Wildman–Crippen MR) is 220 cm³/mol. The summed E-state index contributed by atoms with van der Waals surface area (Å²) in [6.45, 7) is 7.01. The molecular formula is C48H51N3O6. The summed E-state index contributed by atoms with van der Waals surface area (Å²) in [4.78, 5) is 33.7. The summed E-state index contributed by atoms with van der Waals surface area (Å²) in [5, 5.41) is 13.3. The van der Waals surface area contributed by atoms with Crippen LogP contribution in [0.1, 0.15) is 90.2 Å². The Morgan fingerprint density at radius 1 is 0.930 bits per heavy atom. The lowest BCUT2D eigenvalue weighted by Crippen LogP contribution is -2.55. The Morgan fingerprint density at radius 2 is 1.67 bits per heavy atom. The van der Waals surface area contributed by atoms with Gasteiger partial charge in [0.1, 0.15) is 18.4 Å². The van der Waals surface area contributed by atoms with Gasteiger partial charge in [0.25, 0.3) is 0 Å². The minimum Gasteiger partial charge on any atom is -0.490 e. The minimum absolute atomic E-state index is 0.0721. The van der Waals surface area contributed by atoms with Crippen LogP contribution in [0.3, 0.4) is 0 Å². The molecule has 9 nitrogen and oxygen atoms in total. The normalized spacial score (nSPS) is 19.0. The number of carboxylic acids is 1. The fourth-order valence-electron chi connectivity index (χ4n) is 8.68. The van der Waals surface area contributed by atoms with Crippen LogP contribution in [0.2, 0.25) is 0 Å². The molecule has 0 saturated heterocycles. The van der Waals surface area contributed by atoms with Crippen molar-refractivity contribution < 1.29 is 28.9 Å². The highest BCUT2D eigenvalue weighted by Crippen LogP contribution is 2.43. The first-order valence-corrected chi connectivity index (χ1v) is 20.3. The van der Waals surface area contributed by atoms with Crippen LogP contribution in [0.5, 0.6) is 17.2 Å². The van der Waals surface area contributed by atoms with Gasteiger partial charge in [-0.25, -0.2) is 4.79 Å². The predicted octanol–water partition coefficient (Wildman–Crippen LogP) is 8.89. The number of aromatic nitrogens is 1. The van der Waals surface area contributed by atoms with Crippen LogP contribution in [0.25, 0.3) is 11.1 Å². The maximum absolute atomic E-state index is 14.4. The van der Waals surface area contributed by atoms with Crippen LogP contribution in [-0.2, 0) is 29.0 Å². The molecule has 3 heterocycles. The van der Waals surface area contributed by atoms with E-state index in [1.54, 1.807) is 6.20 Å². The lowest BCUT2D eigenvalue weighted by atomic mass is 9.89. The van der Waals surface area contributed by atoms with Gasteiger partial charge in [-0.3, -0.25) is 14.7 Å². The summed E-state index contributed by atoms with van der Waals surface area (Å²) in [5.41, 5.74) is 9.21. The highest BCUT2D eigenvalue weighted by atomic mass is 16.6. The second kappa shape index (κ2) is 16.8. The number of carboxylic acid groups (broad SMARTS) is 1. The molecule has 3 aliphatic rings. The molecule has 8 rings (SSSR count). The summed E-state index contributed by atoms with van der Waals surface area (Å²) in [5.74, 6) is 0.832. The molecule has 2 N–H and O–H groups in total. The number of carbonyl (C=O) groups excluding carboxylic acids is 1. The Morgan fingerprint density at radius 3 is 2.39 bits per heavy atom. The fraction of sp³-hybridized carbons (Fsp3) is 0.354. The number of aryl methyl sites for hydroxylation is 1. The van der Waals surface area contributed by atoms with Gasteiger partial charge in [0.2, 0.25) is 5.91 Å². The first kappa shape index (κ1) is 38.2. The lowest BCUT2D eigenvalue weighted by Gasteiger charge is -2.42. The molecule has 57 heavy (non-hydrogen) atoms. The molecule has 1 fully saturated rings. The van der Waals surface area contributed by atoms with Gasteiger partial charge in [-0.15, -0.1) is 0 Å². The van der Waals surface area contributed by atoms with Crippen molar-refractivity contribution in [2.75, 3.05) is 6.61 Å². The average Bonchev–Trinajstić information content (AvgIpc) is 3.75. The number of rotatable bonds is 12. The van der Waals surface area contributed by atoms with Crippen molar-refractivity contribution in [3.8, 4) is 28.4 Å². The summed E-state index contributed by atoms with van der Waals surface area (Å²) in [7, 11) is 0. The number of ether oxygens (including phenoxy) is 3. The van der Waals surface area contributed by atoms with Gasteiger partial charge >= 0.3 is 5.97 Å². The number of hydrogen-bond donors (Lipinski definition) is 2. The van der Waals surface area contributed by atoms with E-state index in [0.717, 1.165) is 75.2 Å². The van der Waals surface area contributed by atoms with Gasteiger partial charge in [-0.1, -0.05) is 73.7 Å². The zero-order valence-corrected chi connectivity index (χ0v) is 32.9. The highest BCUT2D eigenvalue weighted by Gasteiger charge is 2.39. The van der Waals surface area contributed by atoms with E-state index < -0.39 is 18.1 Å². The molecule has 1 aromatic heterocycles. The van der Waals surface area contributed by atoms with Crippen molar-refractivity contribution in [3.05, 3.63) is 142 Å². The van der Waals surface area contributed by atoms with E-state index in [1.165, 1.54) is 12.8 Å². The fourth-order valence-corrected chi connectivity index (χ4v) is 8.68. The van der Waals surface area contributed by atoms with Crippen LogP contribution in [0.15, 0.2) is 103 Å². The third-order valence-corrected chi connectivity index (χ3v) is 12.0. The summed E-state index contributed by atoms with van der Waals surface area (Å²) >= 11 is 0. The van der Waals surface area contributed by atoms with Crippen molar-refractivity contribution in [1.82, 2.24) is 15.2 Å². The third-order valence-electron chi connectivity index (χ3n) is 12.0. The molecular weight excluding hydrogens is 715 g/mol. The standard InChI is InChI=1S/C48H51N3O6/c1-4-42(34-10-6-5-7-11-34)51-28-37-27-45-44(55-29-46(57-45)35-18-20-39(21-19-35)56-38-12-8-9-13-38)26-36(37)25-43(51)47(52)50-41(48(53)54)24-32-14-16-33(17-15-32)40-22-23-49-31(3)30(40)2/h5-7,10-11,14-23,26-27,38,41-43,46H,4,8-9,12-13,24-25,28-29H2,1-3H3,(H,50,52)(H,53,54)/t41?,42-,43-,46+/m0/s1. The van der Waals surface area contributed by atoms with E-state index in [9.17, 15) is 14.7 Å². The van der Waals surface area contributed by atoms with Crippen LogP contribution in [-0.4, -0.2) is 51.7 Å². The molecule has 2 aliphatic heterocycles. The molecule has 1 saturated carbocycles. The smallest absolute Gasteiger partial charge is 0.326 e. The molecule has 294 valence electrons. The summed E-state index contributed by atoms with van der Waals surface area (Å²) in [6, 6.07) is 30.5. The van der Waals surface area contributed by atoms with E-state index >= 15 is 0 Å². The third kappa shape index (κ3) is 8.40. The minimum atomic E-state index is -1.10. The maximum atomic E-state index is 14.4. The summed E-state index contributed by atoms with van der Waals surface area (Å²) < 4.78 is 19.1. The molecule has 1 amide bonds.